The maximum absolute atomic E-state index is 11.7. The third-order valence-corrected chi connectivity index (χ3v) is 2.69. The van der Waals surface area contributed by atoms with Crippen LogP contribution in [0, 0.1) is 13.8 Å². The molecule has 1 aliphatic heterocycles. The van der Waals surface area contributed by atoms with E-state index in [0.717, 1.165) is 17.5 Å². The Kier molecular flexibility index (Phi) is 2.06. The van der Waals surface area contributed by atoms with Gasteiger partial charge in [-0.15, -0.1) is 0 Å². The summed E-state index contributed by atoms with van der Waals surface area (Å²) in [5.74, 6) is 0.0799. The van der Waals surface area contributed by atoms with E-state index in [1.54, 1.807) is 0 Å². The van der Waals surface area contributed by atoms with Crippen molar-refractivity contribution in [1.29, 1.82) is 0 Å². The molecule has 1 unspecified atom stereocenters. The summed E-state index contributed by atoms with van der Waals surface area (Å²) in [6.45, 7) is 6.12. The van der Waals surface area contributed by atoms with Crippen LogP contribution >= 0.6 is 0 Å². The number of hydrogen-bond donors (Lipinski definition) is 1. The lowest BCUT2D eigenvalue weighted by molar-refractivity contribution is 0.0928. The second kappa shape index (κ2) is 3.12. The molecule has 2 heteroatoms. The number of aryl methyl sites for hydroxylation is 2. The first-order valence-electron chi connectivity index (χ1n) is 4.99. The lowest BCUT2D eigenvalue weighted by atomic mass is 9.91. The average molecular weight is 189 g/mol. The van der Waals surface area contributed by atoms with Crippen molar-refractivity contribution in [3.05, 3.63) is 34.4 Å². The molecule has 0 bridgehead atoms. The van der Waals surface area contributed by atoms with Crippen LogP contribution in [-0.2, 0) is 6.42 Å². The van der Waals surface area contributed by atoms with Gasteiger partial charge in [-0.1, -0.05) is 17.7 Å². The van der Waals surface area contributed by atoms with E-state index in [9.17, 15) is 4.79 Å². The Labute approximate surface area is 84.3 Å². The van der Waals surface area contributed by atoms with E-state index in [1.807, 2.05) is 13.8 Å². The van der Waals surface area contributed by atoms with Gasteiger partial charge in [0.1, 0.15) is 0 Å². The van der Waals surface area contributed by atoms with Gasteiger partial charge in [0.25, 0.3) is 5.91 Å². The summed E-state index contributed by atoms with van der Waals surface area (Å²) in [7, 11) is 0. The number of benzene rings is 1. The Hall–Kier alpha value is -1.31. The van der Waals surface area contributed by atoms with Crippen LogP contribution in [0.4, 0.5) is 0 Å². The summed E-state index contributed by atoms with van der Waals surface area (Å²) >= 11 is 0. The molecule has 0 saturated heterocycles. The third-order valence-electron chi connectivity index (χ3n) is 2.69. The fourth-order valence-electron chi connectivity index (χ4n) is 2.22. The minimum Gasteiger partial charge on any atom is -0.349 e. The molecular weight excluding hydrogens is 174 g/mol. The molecule has 14 heavy (non-hydrogen) atoms. The van der Waals surface area contributed by atoms with Crippen molar-refractivity contribution < 1.29 is 4.79 Å². The quantitative estimate of drug-likeness (QED) is 0.664. The van der Waals surface area contributed by atoms with Gasteiger partial charge >= 0.3 is 0 Å². The maximum Gasteiger partial charge on any atom is 0.252 e. The number of amides is 1. The number of rotatable bonds is 0. The highest BCUT2D eigenvalue weighted by atomic mass is 16.1. The molecule has 2 rings (SSSR count). The van der Waals surface area contributed by atoms with E-state index in [4.69, 9.17) is 0 Å². The molecule has 0 saturated carbocycles. The number of nitrogens with one attached hydrogen (secondary N) is 1. The van der Waals surface area contributed by atoms with Crippen molar-refractivity contribution in [3.8, 4) is 0 Å². The minimum atomic E-state index is 0.0799. The van der Waals surface area contributed by atoms with Crippen LogP contribution < -0.4 is 5.32 Å². The van der Waals surface area contributed by atoms with Gasteiger partial charge in [-0.2, -0.15) is 0 Å². The SMILES string of the molecule is Cc1cc(C)c2c(c1)CC(C)NC2=O. The Bertz CT molecular complexity index is 396. The third kappa shape index (κ3) is 1.41. The van der Waals surface area contributed by atoms with Gasteiger partial charge in [0.2, 0.25) is 0 Å². The molecule has 74 valence electrons. The molecule has 1 aliphatic rings. The van der Waals surface area contributed by atoms with E-state index >= 15 is 0 Å². The van der Waals surface area contributed by atoms with Crippen molar-refractivity contribution in [3.63, 3.8) is 0 Å². The molecule has 2 nitrogen and oxygen atoms in total. The number of carbonyl (C=O) groups is 1. The number of hydrogen-bond acceptors (Lipinski definition) is 1. The topological polar surface area (TPSA) is 29.1 Å². The standard InChI is InChI=1S/C12H15NO/c1-7-4-8(2)11-10(5-7)6-9(3)13-12(11)14/h4-5,9H,6H2,1-3H3,(H,13,14). The van der Waals surface area contributed by atoms with Gasteiger partial charge in [-0.05, 0) is 38.3 Å². The second-order valence-corrected chi connectivity index (χ2v) is 4.19. The first-order chi connectivity index (χ1) is 6.58. The van der Waals surface area contributed by atoms with E-state index in [-0.39, 0.29) is 11.9 Å². The summed E-state index contributed by atoms with van der Waals surface area (Å²) in [6.07, 6.45) is 0.948. The summed E-state index contributed by atoms with van der Waals surface area (Å²) < 4.78 is 0. The summed E-state index contributed by atoms with van der Waals surface area (Å²) in [6, 6.07) is 4.45. The van der Waals surface area contributed by atoms with Gasteiger partial charge in [-0.3, -0.25) is 4.79 Å². The predicted molar refractivity (Wildman–Crippen MR) is 56.5 cm³/mol. The van der Waals surface area contributed by atoms with Crippen LogP contribution in [0.5, 0.6) is 0 Å². The monoisotopic (exact) mass is 189 g/mol. The zero-order chi connectivity index (χ0) is 10.3. The van der Waals surface area contributed by atoms with Crippen molar-refractivity contribution in [2.75, 3.05) is 0 Å². The molecule has 0 aromatic heterocycles. The van der Waals surface area contributed by atoms with Crippen LogP contribution in [0.1, 0.15) is 34.0 Å². The lowest BCUT2D eigenvalue weighted by Crippen LogP contribution is -2.39. The van der Waals surface area contributed by atoms with Crippen LogP contribution in [0.25, 0.3) is 0 Å². The highest BCUT2D eigenvalue weighted by molar-refractivity contribution is 5.98. The minimum absolute atomic E-state index is 0.0799. The zero-order valence-corrected chi connectivity index (χ0v) is 8.85. The molecule has 0 spiro atoms. The van der Waals surface area contributed by atoms with Crippen LogP contribution in [0.2, 0.25) is 0 Å². The van der Waals surface area contributed by atoms with Gasteiger partial charge in [0, 0.05) is 11.6 Å². The highest BCUT2D eigenvalue weighted by Crippen LogP contribution is 2.21. The molecule has 1 N–H and O–H groups in total. The molecule has 1 atom stereocenters. The van der Waals surface area contributed by atoms with E-state index in [0.29, 0.717) is 0 Å². The molecule has 1 amide bonds. The smallest absolute Gasteiger partial charge is 0.252 e. The van der Waals surface area contributed by atoms with E-state index in [1.165, 1.54) is 11.1 Å². The molecule has 1 aromatic carbocycles. The summed E-state index contributed by atoms with van der Waals surface area (Å²) in [5.41, 5.74) is 4.40. The van der Waals surface area contributed by atoms with Crippen molar-refractivity contribution >= 4 is 5.91 Å². The molecular formula is C12H15NO. The van der Waals surface area contributed by atoms with Gasteiger partial charge in [-0.25, -0.2) is 0 Å². The van der Waals surface area contributed by atoms with Gasteiger partial charge in [0.05, 0.1) is 0 Å². The van der Waals surface area contributed by atoms with Crippen LogP contribution in [0.3, 0.4) is 0 Å². The van der Waals surface area contributed by atoms with Crippen LogP contribution in [-0.4, -0.2) is 11.9 Å². The lowest BCUT2D eigenvalue weighted by Gasteiger charge is -2.24. The van der Waals surface area contributed by atoms with Crippen molar-refractivity contribution in [1.82, 2.24) is 5.32 Å². The Balaban J connectivity index is 2.59. The largest absolute Gasteiger partial charge is 0.349 e. The van der Waals surface area contributed by atoms with E-state index < -0.39 is 0 Å². The first kappa shape index (κ1) is 9.25. The number of fused-ring (bicyclic) bond motifs is 1. The number of carbonyl (C=O) groups excluding carboxylic acids is 1. The first-order valence-corrected chi connectivity index (χ1v) is 4.99. The zero-order valence-electron chi connectivity index (χ0n) is 8.85. The van der Waals surface area contributed by atoms with Gasteiger partial charge in [0.15, 0.2) is 0 Å². The molecule has 0 aliphatic carbocycles. The Morgan fingerprint density at radius 3 is 2.79 bits per heavy atom. The summed E-state index contributed by atoms with van der Waals surface area (Å²) in [5, 5.41) is 2.96. The normalized spacial score (nSPS) is 20.2. The molecule has 0 radical (unpaired) electrons. The van der Waals surface area contributed by atoms with Gasteiger partial charge < -0.3 is 5.32 Å². The van der Waals surface area contributed by atoms with E-state index in [2.05, 4.69) is 24.4 Å². The maximum atomic E-state index is 11.7. The molecule has 1 heterocycles. The average Bonchev–Trinajstić information content (AvgIpc) is 1.99. The fraction of sp³-hybridized carbons (Fsp3) is 0.417. The fourth-order valence-corrected chi connectivity index (χ4v) is 2.22. The Morgan fingerprint density at radius 1 is 1.36 bits per heavy atom. The van der Waals surface area contributed by atoms with Crippen molar-refractivity contribution in [2.45, 2.75) is 33.2 Å². The van der Waals surface area contributed by atoms with Crippen LogP contribution in [0.15, 0.2) is 12.1 Å². The highest BCUT2D eigenvalue weighted by Gasteiger charge is 2.22. The predicted octanol–water partition coefficient (Wildman–Crippen LogP) is 1.98. The second-order valence-electron chi connectivity index (χ2n) is 4.19. The Morgan fingerprint density at radius 2 is 2.07 bits per heavy atom. The van der Waals surface area contributed by atoms with Crippen molar-refractivity contribution in [2.24, 2.45) is 0 Å². The molecule has 1 aromatic rings. The molecule has 0 fully saturated rings. The summed E-state index contributed by atoms with van der Waals surface area (Å²) in [4.78, 5) is 11.7.